The van der Waals surface area contributed by atoms with E-state index in [-0.39, 0.29) is 5.41 Å². The summed E-state index contributed by atoms with van der Waals surface area (Å²) in [5, 5.41) is 2.66. The number of hydrogen-bond acceptors (Lipinski definition) is 2. The molecule has 13 rings (SSSR count). The van der Waals surface area contributed by atoms with Crippen LogP contribution in [-0.2, 0) is 10.8 Å². The molecule has 0 aliphatic heterocycles. The lowest BCUT2D eigenvalue weighted by Crippen LogP contribution is -2.26. The Labute approximate surface area is 354 Å². The zero-order valence-electron chi connectivity index (χ0n) is 33.4. The van der Waals surface area contributed by atoms with Crippen molar-refractivity contribution in [2.45, 2.75) is 24.7 Å². The lowest BCUT2D eigenvalue weighted by atomic mass is 9.70. The van der Waals surface area contributed by atoms with Gasteiger partial charge in [-0.25, -0.2) is 0 Å². The van der Waals surface area contributed by atoms with E-state index in [1.54, 1.807) is 0 Å². The smallest absolute Gasteiger partial charge is 0.0726 e. The number of benzene rings is 9. The predicted octanol–water partition coefficient (Wildman–Crippen LogP) is 15.8. The molecule has 1 heterocycles. The van der Waals surface area contributed by atoms with Crippen LogP contribution in [0.4, 0.5) is 17.1 Å². The van der Waals surface area contributed by atoms with E-state index in [0.717, 1.165) is 17.1 Å². The van der Waals surface area contributed by atoms with Crippen LogP contribution >= 0.6 is 11.3 Å². The quantitative estimate of drug-likeness (QED) is 0.172. The van der Waals surface area contributed by atoms with E-state index in [4.69, 9.17) is 0 Å². The fourth-order valence-corrected chi connectivity index (χ4v) is 12.4. The first kappa shape index (κ1) is 33.9. The first-order chi connectivity index (χ1) is 29.5. The maximum atomic E-state index is 2.51. The highest BCUT2D eigenvalue weighted by molar-refractivity contribution is 7.25. The third-order valence-corrected chi connectivity index (χ3v) is 15.0. The van der Waals surface area contributed by atoms with Gasteiger partial charge in [0.25, 0.3) is 0 Å². The Kier molecular flexibility index (Phi) is 6.94. The second kappa shape index (κ2) is 12.3. The van der Waals surface area contributed by atoms with Crippen LogP contribution in [-0.4, -0.2) is 0 Å². The first-order valence-electron chi connectivity index (χ1n) is 21.0. The Hall–Kier alpha value is -7.00. The molecule has 0 fully saturated rings. The second-order valence-electron chi connectivity index (χ2n) is 17.2. The summed E-state index contributed by atoms with van der Waals surface area (Å²) in [6.45, 7) is 4.75. The van der Waals surface area contributed by atoms with Crippen molar-refractivity contribution in [1.29, 1.82) is 0 Å². The molecule has 1 spiro atoms. The van der Waals surface area contributed by atoms with Gasteiger partial charge in [-0.2, -0.15) is 0 Å². The number of rotatable bonds is 4. The maximum absolute atomic E-state index is 2.51. The van der Waals surface area contributed by atoms with Crippen molar-refractivity contribution < 1.29 is 0 Å². The van der Waals surface area contributed by atoms with Crippen LogP contribution in [0.25, 0.3) is 64.7 Å². The summed E-state index contributed by atoms with van der Waals surface area (Å²) in [4.78, 5) is 2.49. The molecule has 1 aromatic heterocycles. The van der Waals surface area contributed by atoms with E-state index in [9.17, 15) is 0 Å². The molecular formula is C58H39NS. The molecule has 0 saturated carbocycles. The molecule has 0 radical (unpaired) electrons. The molecule has 0 amide bonds. The molecule has 1 nitrogen and oxygen atoms in total. The topological polar surface area (TPSA) is 3.24 Å². The molecular weight excluding hydrogens is 743 g/mol. The van der Waals surface area contributed by atoms with E-state index >= 15 is 0 Å². The van der Waals surface area contributed by atoms with Crippen molar-refractivity contribution in [3.8, 4) is 44.5 Å². The largest absolute Gasteiger partial charge is 0.310 e. The molecule has 0 saturated heterocycles. The van der Waals surface area contributed by atoms with Crippen LogP contribution in [0.2, 0.25) is 0 Å². The van der Waals surface area contributed by atoms with Gasteiger partial charge in [0, 0.05) is 42.6 Å². The van der Waals surface area contributed by atoms with Gasteiger partial charge < -0.3 is 4.90 Å². The third kappa shape index (κ3) is 4.41. The summed E-state index contributed by atoms with van der Waals surface area (Å²) in [6, 6.07) is 75.4. The number of hydrogen-bond donors (Lipinski definition) is 0. The van der Waals surface area contributed by atoms with E-state index in [1.807, 2.05) is 11.3 Å². The molecule has 9 aromatic carbocycles. The van der Waals surface area contributed by atoms with Crippen molar-refractivity contribution in [1.82, 2.24) is 0 Å². The lowest BCUT2D eigenvalue weighted by Gasteiger charge is -2.32. The third-order valence-electron chi connectivity index (χ3n) is 13.9. The van der Waals surface area contributed by atoms with Gasteiger partial charge in [-0.15, -0.1) is 11.3 Å². The molecule has 3 aliphatic rings. The van der Waals surface area contributed by atoms with Crippen LogP contribution in [0.5, 0.6) is 0 Å². The van der Waals surface area contributed by atoms with Crippen molar-refractivity contribution >= 4 is 48.6 Å². The Bertz CT molecular complexity index is 3360. The minimum absolute atomic E-state index is 0.125. The molecule has 0 N–H and O–H groups in total. The van der Waals surface area contributed by atoms with Gasteiger partial charge in [-0.3, -0.25) is 0 Å². The zero-order chi connectivity index (χ0) is 39.7. The predicted molar refractivity (Wildman–Crippen MR) is 253 cm³/mol. The van der Waals surface area contributed by atoms with Gasteiger partial charge in [0.15, 0.2) is 0 Å². The fourth-order valence-electron chi connectivity index (χ4n) is 11.3. The molecule has 2 heteroatoms. The molecule has 0 unspecified atom stereocenters. The minimum atomic E-state index is -0.422. The summed E-state index contributed by atoms with van der Waals surface area (Å²) in [5.74, 6) is 0. The molecule has 3 aliphatic carbocycles. The Morgan fingerprint density at radius 1 is 0.350 bits per heavy atom. The van der Waals surface area contributed by atoms with Gasteiger partial charge in [-0.1, -0.05) is 166 Å². The van der Waals surface area contributed by atoms with E-state index in [0.29, 0.717) is 0 Å². The monoisotopic (exact) mass is 781 g/mol. The highest BCUT2D eigenvalue weighted by atomic mass is 32.1. The SMILES string of the molecule is CC1(C)c2ccccc2-c2ccc(N(c3ccc(-c4cccc5sc6ccccc6c45)cc3)c3ccc4c(c3)C3(c5ccccc5-c5ccccc53)c3ccccc3-4)cc21. The normalized spacial score (nSPS) is 14.4. The van der Waals surface area contributed by atoms with E-state index in [1.165, 1.54) is 98.1 Å². The molecule has 282 valence electrons. The second-order valence-corrected chi connectivity index (χ2v) is 18.3. The molecule has 0 atom stereocenters. The summed E-state index contributed by atoms with van der Waals surface area (Å²) < 4.78 is 2.65. The highest BCUT2D eigenvalue weighted by Gasteiger charge is 2.51. The summed E-state index contributed by atoms with van der Waals surface area (Å²) in [7, 11) is 0. The van der Waals surface area contributed by atoms with Gasteiger partial charge in [0.2, 0.25) is 0 Å². The number of thiophene rings is 1. The van der Waals surface area contributed by atoms with Crippen molar-refractivity contribution in [3.05, 3.63) is 234 Å². The Balaban J connectivity index is 1.03. The van der Waals surface area contributed by atoms with Crippen molar-refractivity contribution in [2.24, 2.45) is 0 Å². The van der Waals surface area contributed by atoms with Crippen LogP contribution < -0.4 is 4.90 Å². The highest BCUT2D eigenvalue weighted by Crippen LogP contribution is 2.63. The van der Waals surface area contributed by atoms with Crippen LogP contribution in [0, 0.1) is 0 Å². The standard InChI is InChI=1S/C58H39NS/c1-57(2)48-20-8-3-14-41(48)45-32-30-38(34-52(45)57)59(37-28-26-36(27-29-37)40-19-13-25-55-56(40)47-18-7-12-24-54(47)60-55)39-31-33-46-44-17-6-11-23-51(44)58(53(46)35-39)49-21-9-4-15-42(49)43-16-5-10-22-50(43)58/h3-35H,1-2H3. The van der Waals surface area contributed by atoms with Crippen molar-refractivity contribution in [3.63, 3.8) is 0 Å². The number of nitrogens with zero attached hydrogens (tertiary/aromatic N) is 1. The minimum Gasteiger partial charge on any atom is -0.310 e. The van der Waals surface area contributed by atoms with Crippen molar-refractivity contribution in [2.75, 3.05) is 4.90 Å². The molecule has 10 aromatic rings. The average Bonchev–Trinajstić information content (AvgIpc) is 3.99. The van der Waals surface area contributed by atoms with E-state index in [2.05, 4.69) is 219 Å². The number of anilines is 3. The average molecular weight is 782 g/mol. The van der Waals surface area contributed by atoms with Gasteiger partial charge >= 0.3 is 0 Å². The van der Waals surface area contributed by atoms with Crippen LogP contribution in [0.1, 0.15) is 47.2 Å². The number of fused-ring (bicyclic) bond motifs is 16. The van der Waals surface area contributed by atoms with Gasteiger partial charge in [0.05, 0.1) is 5.41 Å². The van der Waals surface area contributed by atoms with Crippen LogP contribution in [0.3, 0.4) is 0 Å². The fraction of sp³-hybridized carbons (Fsp3) is 0.0690. The van der Waals surface area contributed by atoms with E-state index < -0.39 is 5.41 Å². The summed E-state index contributed by atoms with van der Waals surface area (Å²) in [6.07, 6.45) is 0. The Morgan fingerprint density at radius 3 is 1.43 bits per heavy atom. The van der Waals surface area contributed by atoms with Gasteiger partial charge in [-0.05, 0) is 126 Å². The summed E-state index contributed by atoms with van der Waals surface area (Å²) in [5.41, 5.74) is 21.5. The van der Waals surface area contributed by atoms with Gasteiger partial charge in [0.1, 0.15) is 0 Å². The first-order valence-corrected chi connectivity index (χ1v) is 21.8. The summed E-state index contributed by atoms with van der Waals surface area (Å²) >= 11 is 1.87. The molecule has 0 bridgehead atoms. The zero-order valence-corrected chi connectivity index (χ0v) is 34.2. The maximum Gasteiger partial charge on any atom is 0.0726 e. The Morgan fingerprint density at radius 2 is 0.800 bits per heavy atom. The van der Waals surface area contributed by atoms with Crippen LogP contribution in [0.15, 0.2) is 200 Å². The molecule has 60 heavy (non-hydrogen) atoms. The lowest BCUT2D eigenvalue weighted by molar-refractivity contribution is 0.660.